The molecule has 1 heterocycles. The van der Waals surface area contributed by atoms with E-state index in [1.165, 1.54) is 12.1 Å². The second-order valence-corrected chi connectivity index (χ2v) is 4.37. The third-order valence-electron chi connectivity index (χ3n) is 2.77. The van der Waals surface area contributed by atoms with Crippen LogP contribution < -0.4 is 10.2 Å². The van der Waals surface area contributed by atoms with Gasteiger partial charge in [-0.2, -0.15) is 13.2 Å². The number of aliphatic carboxylic acids is 1. The van der Waals surface area contributed by atoms with Crippen molar-refractivity contribution in [1.29, 1.82) is 0 Å². The Bertz CT molecular complexity index is 440. The first-order valence-electron chi connectivity index (χ1n) is 6.32. The van der Waals surface area contributed by atoms with Crippen molar-refractivity contribution in [2.24, 2.45) is 0 Å². The molecule has 0 atom stereocenters. The summed E-state index contributed by atoms with van der Waals surface area (Å²) in [5.41, 5.74) is 1.12. The number of hydrogen-bond donors (Lipinski definition) is 2. The van der Waals surface area contributed by atoms with E-state index < -0.39 is 12.1 Å². The monoisotopic (exact) mass is 308 g/mol. The number of nitrogens with zero attached hydrogens (tertiary/aromatic N) is 1. The predicted octanol–water partition coefficient (Wildman–Crippen LogP) is 2.26. The van der Waals surface area contributed by atoms with E-state index in [1.54, 1.807) is 0 Å². The van der Waals surface area contributed by atoms with Crippen LogP contribution in [0.15, 0.2) is 24.3 Å². The molecule has 1 aromatic carbocycles. The highest BCUT2D eigenvalue weighted by atomic mass is 19.4. The topological polar surface area (TPSA) is 52.6 Å². The minimum atomic E-state index is -5.08. The number of nitrogens with one attached hydrogen (secondary N) is 1. The first-order chi connectivity index (χ1) is 9.80. The van der Waals surface area contributed by atoms with Crippen LogP contribution in [0.1, 0.15) is 6.42 Å². The van der Waals surface area contributed by atoms with Crippen molar-refractivity contribution in [3.63, 3.8) is 0 Å². The van der Waals surface area contributed by atoms with Gasteiger partial charge in [0.1, 0.15) is 5.82 Å². The molecule has 4 nitrogen and oxygen atoms in total. The molecule has 1 aromatic rings. The van der Waals surface area contributed by atoms with Gasteiger partial charge in [-0.15, -0.1) is 0 Å². The Kier molecular flexibility index (Phi) is 6.41. The highest BCUT2D eigenvalue weighted by Crippen LogP contribution is 2.15. The van der Waals surface area contributed by atoms with Crippen LogP contribution in [0, 0.1) is 5.82 Å². The Balaban J connectivity index is 0.000000270. The molecular formula is C13H16F4N2O2. The lowest BCUT2D eigenvalue weighted by atomic mass is 10.2. The van der Waals surface area contributed by atoms with E-state index in [2.05, 4.69) is 10.2 Å². The molecule has 0 unspecified atom stereocenters. The molecule has 0 aliphatic carbocycles. The average Bonchev–Trinajstić information content (AvgIpc) is 2.68. The van der Waals surface area contributed by atoms with Crippen LogP contribution in [0.2, 0.25) is 0 Å². The lowest BCUT2D eigenvalue weighted by Gasteiger charge is -2.21. The molecule has 1 aliphatic heterocycles. The summed E-state index contributed by atoms with van der Waals surface area (Å²) < 4.78 is 44.4. The SMILES string of the molecule is Fc1ccc(N2CCCNCC2)cc1.O=C(O)C(F)(F)F. The lowest BCUT2D eigenvalue weighted by molar-refractivity contribution is -0.192. The van der Waals surface area contributed by atoms with Gasteiger partial charge in [0.2, 0.25) is 0 Å². The van der Waals surface area contributed by atoms with E-state index in [9.17, 15) is 17.6 Å². The summed E-state index contributed by atoms with van der Waals surface area (Å²) in [4.78, 5) is 11.2. The molecule has 0 spiro atoms. The van der Waals surface area contributed by atoms with Crippen LogP contribution >= 0.6 is 0 Å². The first-order valence-corrected chi connectivity index (χ1v) is 6.32. The van der Waals surface area contributed by atoms with E-state index in [0.717, 1.165) is 38.3 Å². The molecule has 8 heteroatoms. The molecule has 2 rings (SSSR count). The molecule has 1 saturated heterocycles. The number of benzene rings is 1. The smallest absolute Gasteiger partial charge is 0.475 e. The number of halogens is 4. The van der Waals surface area contributed by atoms with Crippen LogP contribution in [-0.2, 0) is 4.79 Å². The van der Waals surface area contributed by atoms with Crippen molar-refractivity contribution >= 4 is 11.7 Å². The normalized spacial score (nSPS) is 15.7. The van der Waals surface area contributed by atoms with Gasteiger partial charge >= 0.3 is 12.1 Å². The Hall–Kier alpha value is -1.83. The minimum absolute atomic E-state index is 0.165. The van der Waals surface area contributed by atoms with E-state index in [0.29, 0.717) is 0 Å². The highest BCUT2D eigenvalue weighted by molar-refractivity contribution is 5.73. The van der Waals surface area contributed by atoms with E-state index >= 15 is 0 Å². The number of carbonyl (C=O) groups is 1. The Morgan fingerprint density at radius 3 is 2.24 bits per heavy atom. The van der Waals surface area contributed by atoms with Crippen molar-refractivity contribution in [3.8, 4) is 0 Å². The molecule has 118 valence electrons. The fraction of sp³-hybridized carbons (Fsp3) is 0.462. The number of rotatable bonds is 1. The lowest BCUT2D eigenvalue weighted by Crippen LogP contribution is -2.27. The van der Waals surface area contributed by atoms with Gasteiger partial charge in [0.15, 0.2) is 0 Å². The maximum atomic E-state index is 12.7. The molecule has 0 saturated carbocycles. The molecule has 21 heavy (non-hydrogen) atoms. The third-order valence-corrected chi connectivity index (χ3v) is 2.77. The zero-order valence-corrected chi connectivity index (χ0v) is 11.2. The quantitative estimate of drug-likeness (QED) is 0.782. The molecule has 1 fully saturated rings. The van der Waals surface area contributed by atoms with Gasteiger partial charge < -0.3 is 15.3 Å². The summed E-state index contributed by atoms with van der Waals surface area (Å²) >= 11 is 0. The Morgan fingerprint density at radius 1 is 1.14 bits per heavy atom. The zero-order valence-electron chi connectivity index (χ0n) is 11.2. The van der Waals surface area contributed by atoms with Crippen molar-refractivity contribution in [3.05, 3.63) is 30.1 Å². The number of alkyl halides is 3. The highest BCUT2D eigenvalue weighted by Gasteiger charge is 2.38. The van der Waals surface area contributed by atoms with Gasteiger partial charge in [0.25, 0.3) is 0 Å². The van der Waals surface area contributed by atoms with Gasteiger partial charge in [-0.3, -0.25) is 0 Å². The van der Waals surface area contributed by atoms with E-state index in [-0.39, 0.29) is 5.82 Å². The summed E-state index contributed by atoms with van der Waals surface area (Å²) in [6.45, 7) is 4.15. The predicted molar refractivity (Wildman–Crippen MR) is 69.8 cm³/mol. The van der Waals surface area contributed by atoms with Crippen LogP contribution in [0.25, 0.3) is 0 Å². The van der Waals surface area contributed by atoms with Gasteiger partial charge in [-0.05, 0) is 37.2 Å². The largest absolute Gasteiger partial charge is 0.490 e. The third kappa shape index (κ3) is 6.44. The minimum Gasteiger partial charge on any atom is -0.475 e. The summed E-state index contributed by atoms with van der Waals surface area (Å²) in [6.07, 6.45) is -3.93. The van der Waals surface area contributed by atoms with E-state index in [4.69, 9.17) is 9.90 Å². The fourth-order valence-corrected chi connectivity index (χ4v) is 1.76. The molecular weight excluding hydrogens is 292 g/mol. The van der Waals surface area contributed by atoms with Crippen molar-refractivity contribution in [2.45, 2.75) is 12.6 Å². The van der Waals surface area contributed by atoms with Gasteiger partial charge in [-0.1, -0.05) is 0 Å². The average molecular weight is 308 g/mol. The fourth-order valence-electron chi connectivity index (χ4n) is 1.76. The van der Waals surface area contributed by atoms with Crippen LogP contribution in [-0.4, -0.2) is 43.4 Å². The Morgan fingerprint density at radius 2 is 1.71 bits per heavy atom. The maximum absolute atomic E-state index is 12.7. The van der Waals surface area contributed by atoms with E-state index in [1.807, 2.05) is 12.1 Å². The van der Waals surface area contributed by atoms with Gasteiger partial charge in [-0.25, -0.2) is 9.18 Å². The molecule has 0 amide bonds. The summed E-state index contributed by atoms with van der Waals surface area (Å²) in [5, 5.41) is 10.5. The number of hydrogen-bond acceptors (Lipinski definition) is 3. The van der Waals surface area contributed by atoms with Gasteiger partial charge in [0, 0.05) is 25.3 Å². The second-order valence-electron chi connectivity index (χ2n) is 4.37. The molecule has 2 N–H and O–H groups in total. The number of anilines is 1. The first kappa shape index (κ1) is 17.2. The summed E-state index contributed by atoms with van der Waals surface area (Å²) in [5.74, 6) is -2.92. The molecule has 0 radical (unpaired) electrons. The zero-order chi connectivity index (χ0) is 15.9. The number of carboxylic acid groups (broad SMARTS) is 1. The summed E-state index contributed by atoms with van der Waals surface area (Å²) in [7, 11) is 0. The van der Waals surface area contributed by atoms with Gasteiger partial charge in [0.05, 0.1) is 0 Å². The molecule has 1 aliphatic rings. The van der Waals surface area contributed by atoms with Crippen molar-refractivity contribution in [1.82, 2.24) is 5.32 Å². The standard InChI is InChI=1S/C11H15FN2.C2HF3O2/c12-10-2-4-11(5-3-10)14-8-1-6-13-7-9-14;3-2(4,5)1(6)7/h2-5,13H,1,6-9H2;(H,6,7). The summed E-state index contributed by atoms with van der Waals surface area (Å²) in [6, 6.07) is 6.74. The van der Waals surface area contributed by atoms with Crippen LogP contribution in [0.5, 0.6) is 0 Å². The second kappa shape index (κ2) is 7.82. The van der Waals surface area contributed by atoms with Crippen molar-refractivity contribution in [2.75, 3.05) is 31.1 Å². The van der Waals surface area contributed by atoms with Crippen molar-refractivity contribution < 1.29 is 27.5 Å². The molecule has 0 bridgehead atoms. The maximum Gasteiger partial charge on any atom is 0.490 e. The molecule has 0 aromatic heterocycles. The van der Waals surface area contributed by atoms with Crippen LogP contribution in [0.4, 0.5) is 23.2 Å². The van der Waals surface area contributed by atoms with Crippen LogP contribution in [0.3, 0.4) is 0 Å². The Labute approximate surface area is 119 Å². The number of carboxylic acids is 1.